The number of nitrogens with zero attached hydrogens (tertiary/aromatic N) is 1. The number of amides is 2. The number of hydrogen-bond donors (Lipinski definition) is 2. The van der Waals surface area contributed by atoms with E-state index >= 15 is 0 Å². The molecular formula is C16H18F3N3O4. The largest absolute Gasteiger partial charge is 0.481 e. The van der Waals surface area contributed by atoms with Crippen LogP contribution in [0.25, 0.3) is 0 Å². The predicted molar refractivity (Wildman–Crippen MR) is 85.1 cm³/mol. The highest BCUT2D eigenvalue weighted by molar-refractivity contribution is 6.03. The summed E-state index contributed by atoms with van der Waals surface area (Å²) < 4.78 is 50.4. The number of ether oxygens (including phenoxy) is 2. The Kier molecular flexibility index (Phi) is 5.33. The van der Waals surface area contributed by atoms with Gasteiger partial charge in [0.1, 0.15) is 6.04 Å². The first kappa shape index (κ1) is 18.5. The summed E-state index contributed by atoms with van der Waals surface area (Å²) in [5.74, 6) is -0.903. The molecule has 1 aromatic carbocycles. The summed E-state index contributed by atoms with van der Waals surface area (Å²) in [4.78, 5) is 25.0. The van der Waals surface area contributed by atoms with Gasteiger partial charge in [0.2, 0.25) is 0 Å². The average Bonchev–Trinajstić information content (AvgIpc) is 2.60. The average molecular weight is 373 g/mol. The quantitative estimate of drug-likeness (QED) is 0.824. The molecule has 3 rings (SSSR count). The molecule has 2 aliphatic rings. The first-order valence-corrected chi connectivity index (χ1v) is 8.08. The second kappa shape index (κ2) is 7.50. The number of anilines is 1. The third kappa shape index (κ3) is 4.07. The van der Waals surface area contributed by atoms with Gasteiger partial charge in [-0.05, 0) is 12.1 Å². The van der Waals surface area contributed by atoms with Crippen molar-refractivity contribution in [3.8, 4) is 5.75 Å². The van der Waals surface area contributed by atoms with Crippen molar-refractivity contribution in [3.05, 3.63) is 23.8 Å². The lowest BCUT2D eigenvalue weighted by Gasteiger charge is -2.35. The van der Waals surface area contributed by atoms with E-state index in [9.17, 15) is 22.8 Å². The molecule has 0 saturated carbocycles. The lowest BCUT2D eigenvalue weighted by molar-refractivity contribution is -0.189. The lowest BCUT2D eigenvalue weighted by Crippen LogP contribution is -2.55. The minimum atomic E-state index is -4.48. The Morgan fingerprint density at radius 2 is 2.04 bits per heavy atom. The highest BCUT2D eigenvalue weighted by Crippen LogP contribution is 2.31. The number of nitrogens with one attached hydrogen (secondary N) is 2. The summed E-state index contributed by atoms with van der Waals surface area (Å²) in [5.41, 5.74) is 0.389. The molecule has 0 radical (unpaired) electrons. The third-order valence-corrected chi connectivity index (χ3v) is 4.20. The highest BCUT2D eigenvalue weighted by Gasteiger charge is 2.44. The number of carbonyl (C=O) groups is 2. The van der Waals surface area contributed by atoms with Crippen LogP contribution in [0.4, 0.5) is 18.9 Å². The number of fused-ring (bicyclic) bond motifs is 1. The molecule has 0 aromatic heterocycles. The van der Waals surface area contributed by atoms with Crippen LogP contribution < -0.4 is 15.4 Å². The molecule has 1 fully saturated rings. The molecule has 2 amide bonds. The zero-order valence-corrected chi connectivity index (χ0v) is 13.8. The number of benzene rings is 1. The van der Waals surface area contributed by atoms with Gasteiger partial charge >= 0.3 is 6.18 Å². The van der Waals surface area contributed by atoms with Crippen LogP contribution in [0.2, 0.25) is 0 Å². The number of hydrogen-bond acceptors (Lipinski definition) is 5. The molecule has 7 nitrogen and oxygen atoms in total. The van der Waals surface area contributed by atoms with Gasteiger partial charge in [-0.1, -0.05) is 6.07 Å². The fraction of sp³-hybridized carbons (Fsp3) is 0.500. The van der Waals surface area contributed by atoms with Crippen LogP contribution in [0.1, 0.15) is 10.4 Å². The molecule has 0 bridgehead atoms. The molecule has 1 unspecified atom stereocenters. The molecule has 1 aromatic rings. The first-order chi connectivity index (χ1) is 12.4. The van der Waals surface area contributed by atoms with Gasteiger partial charge in [0.25, 0.3) is 11.8 Å². The predicted octanol–water partition coefficient (Wildman–Crippen LogP) is 1.01. The normalized spacial score (nSPS) is 19.1. The summed E-state index contributed by atoms with van der Waals surface area (Å²) in [7, 11) is 0. The Morgan fingerprint density at radius 1 is 1.31 bits per heavy atom. The van der Waals surface area contributed by atoms with Crippen molar-refractivity contribution in [1.82, 2.24) is 10.2 Å². The third-order valence-electron chi connectivity index (χ3n) is 4.20. The topological polar surface area (TPSA) is 79.9 Å². The number of carbonyl (C=O) groups excluding carboxylic acids is 2. The van der Waals surface area contributed by atoms with Crippen LogP contribution in [-0.4, -0.2) is 68.4 Å². The van der Waals surface area contributed by atoms with Crippen LogP contribution in [-0.2, 0) is 9.53 Å². The smallest absolute Gasteiger partial charge is 0.405 e. The monoisotopic (exact) mass is 373 g/mol. The maximum atomic E-state index is 13.4. The molecule has 2 aliphatic heterocycles. The van der Waals surface area contributed by atoms with Gasteiger partial charge in [0.15, 0.2) is 12.4 Å². The molecule has 0 aliphatic carbocycles. The van der Waals surface area contributed by atoms with Gasteiger partial charge in [-0.2, -0.15) is 13.2 Å². The van der Waals surface area contributed by atoms with Crippen molar-refractivity contribution in [2.75, 3.05) is 44.8 Å². The van der Waals surface area contributed by atoms with Crippen LogP contribution in [0.3, 0.4) is 0 Å². The van der Waals surface area contributed by atoms with Crippen LogP contribution in [0.15, 0.2) is 18.2 Å². The fourth-order valence-electron chi connectivity index (χ4n) is 2.92. The molecule has 1 atom stereocenters. The number of para-hydroxylation sites is 1. The van der Waals surface area contributed by atoms with Crippen LogP contribution in [0, 0.1) is 0 Å². The summed E-state index contributed by atoms with van der Waals surface area (Å²) in [6.07, 6.45) is -4.48. The van der Waals surface area contributed by atoms with Gasteiger partial charge in [0, 0.05) is 19.6 Å². The Bertz CT molecular complexity index is 690. The minimum Gasteiger partial charge on any atom is -0.481 e. The number of alkyl halides is 3. The standard InChI is InChI=1S/C16H18F3N3O4/c17-16(18,19)12(22-4-6-25-7-5-22)8-20-15(24)10-2-1-3-11-14(10)26-9-13(23)21-11/h1-3,12H,4-9H2,(H,20,24)(H,21,23). The zero-order valence-electron chi connectivity index (χ0n) is 13.8. The molecule has 2 heterocycles. The molecular weight excluding hydrogens is 355 g/mol. The summed E-state index contributed by atoms with van der Waals surface area (Å²) in [6, 6.07) is 2.71. The summed E-state index contributed by atoms with van der Waals surface area (Å²) in [6.45, 7) is -0.0963. The van der Waals surface area contributed by atoms with E-state index in [2.05, 4.69) is 10.6 Å². The SMILES string of the molecule is O=C1COc2c(cccc2C(=O)NCC(N2CCOCC2)C(F)(F)F)N1. The molecule has 2 N–H and O–H groups in total. The van der Waals surface area contributed by atoms with Gasteiger partial charge in [-0.3, -0.25) is 14.5 Å². The van der Waals surface area contributed by atoms with E-state index in [-0.39, 0.29) is 50.1 Å². The van der Waals surface area contributed by atoms with E-state index in [0.29, 0.717) is 5.69 Å². The summed E-state index contributed by atoms with van der Waals surface area (Å²) >= 11 is 0. The molecule has 142 valence electrons. The van der Waals surface area contributed by atoms with Crippen molar-refractivity contribution >= 4 is 17.5 Å². The second-order valence-electron chi connectivity index (χ2n) is 5.93. The zero-order chi connectivity index (χ0) is 18.7. The van der Waals surface area contributed by atoms with Gasteiger partial charge in [-0.15, -0.1) is 0 Å². The molecule has 26 heavy (non-hydrogen) atoms. The van der Waals surface area contributed by atoms with Crippen molar-refractivity contribution in [1.29, 1.82) is 0 Å². The Hall–Kier alpha value is -2.33. The minimum absolute atomic E-state index is 0.0744. The Balaban J connectivity index is 1.71. The fourth-order valence-corrected chi connectivity index (χ4v) is 2.92. The maximum Gasteiger partial charge on any atom is 0.405 e. The van der Waals surface area contributed by atoms with E-state index in [4.69, 9.17) is 9.47 Å². The van der Waals surface area contributed by atoms with E-state index < -0.39 is 24.7 Å². The van der Waals surface area contributed by atoms with E-state index in [0.717, 1.165) is 0 Å². The van der Waals surface area contributed by atoms with E-state index in [1.165, 1.54) is 17.0 Å². The van der Waals surface area contributed by atoms with Crippen molar-refractivity contribution in [2.24, 2.45) is 0 Å². The first-order valence-electron chi connectivity index (χ1n) is 8.08. The van der Waals surface area contributed by atoms with E-state index in [1.807, 2.05) is 0 Å². The number of morpholine rings is 1. The van der Waals surface area contributed by atoms with Gasteiger partial charge < -0.3 is 20.1 Å². The lowest BCUT2D eigenvalue weighted by atomic mass is 10.1. The molecule has 1 saturated heterocycles. The summed E-state index contributed by atoms with van der Waals surface area (Å²) in [5, 5.41) is 4.88. The van der Waals surface area contributed by atoms with Crippen molar-refractivity contribution in [3.63, 3.8) is 0 Å². The highest BCUT2D eigenvalue weighted by atomic mass is 19.4. The van der Waals surface area contributed by atoms with Crippen LogP contribution in [0.5, 0.6) is 5.75 Å². The van der Waals surface area contributed by atoms with Crippen molar-refractivity contribution < 1.29 is 32.2 Å². The second-order valence-corrected chi connectivity index (χ2v) is 5.93. The number of halogens is 3. The number of rotatable bonds is 4. The van der Waals surface area contributed by atoms with Gasteiger partial charge in [-0.25, -0.2) is 0 Å². The Labute approximate surface area is 147 Å². The van der Waals surface area contributed by atoms with Crippen LogP contribution >= 0.6 is 0 Å². The molecule has 0 spiro atoms. The molecule has 10 heteroatoms. The van der Waals surface area contributed by atoms with E-state index in [1.54, 1.807) is 6.07 Å². The van der Waals surface area contributed by atoms with Crippen molar-refractivity contribution in [2.45, 2.75) is 12.2 Å². The van der Waals surface area contributed by atoms with Gasteiger partial charge in [0.05, 0.1) is 24.5 Å². The Morgan fingerprint density at radius 3 is 2.73 bits per heavy atom. The maximum absolute atomic E-state index is 13.4.